The van der Waals surface area contributed by atoms with Gasteiger partial charge in [0.05, 0.1) is 6.04 Å². The summed E-state index contributed by atoms with van der Waals surface area (Å²) in [7, 11) is 5.89. The number of fused-ring (bicyclic) bond motifs is 1. The van der Waals surface area contributed by atoms with E-state index in [2.05, 4.69) is 31.4 Å². The van der Waals surface area contributed by atoms with Crippen LogP contribution in [0.25, 0.3) is 10.8 Å². The van der Waals surface area contributed by atoms with Crippen LogP contribution in [-0.4, -0.2) is 78.6 Å². The molecule has 2 heterocycles. The van der Waals surface area contributed by atoms with Crippen molar-refractivity contribution in [1.82, 2.24) is 31.3 Å². The smallest absolute Gasteiger partial charge is 0.408 e. The van der Waals surface area contributed by atoms with E-state index >= 15 is 0 Å². The molecule has 14 heteroatoms. The van der Waals surface area contributed by atoms with Gasteiger partial charge < -0.3 is 20.7 Å². The maximum absolute atomic E-state index is 14.3. The molecule has 5 aromatic rings. The van der Waals surface area contributed by atoms with E-state index in [-0.39, 0.29) is 26.0 Å². The van der Waals surface area contributed by atoms with Crippen molar-refractivity contribution in [3.05, 3.63) is 144 Å². The topological polar surface area (TPSA) is 171 Å². The number of pyridine rings is 1. The molecule has 4 N–H and O–H groups in total. The van der Waals surface area contributed by atoms with Gasteiger partial charge in [0.1, 0.15) is 33.1 Å². The molecule has 1 aliphatic rings. The van der Waals surface area contributed by atoms with Gasteiger partial charge in [-0.1, -0.05) is 109 Å². The Balaban J connectivity index is 1.26. The van der Waals surface area contributed by atoms with Gasteiger partial charge in [-0.3, -0.25) is 24.7 Å². The van der Waals surface area contributed by atoms with Gasteiger partial charge in [0.15, 0.2) is 0 Å². The van der Waals surface area contributed by atoms with Gasteiger partial charge >= 0.3 is 12.1 Å². The fourth-order valence-corrected chi connectivity index (χ4v) is 5.98. The minimum Gasteiger partial charge on any atom is -0.445 e. The molecule has 13 nitrogen and oxygen atoms in total. The number of hydrazone groups is 1. The number of imide groups is 1. The molecule has 6 amide bonds. The molecule has 2 radical (unpaired) electrons. The highest BCUT2D eigenvalue weighted by Gasteiger charge is 2.30. The van der Waals surface area contributed by atoms with Crippen LogP contribution in [0.3, 0.4) is 0 Å². The normalized spacial score (nSPS) is 14.2. The lowest BCUT2D eigenvalue weighted by Gasteiger charge is -2.25. The van der Waals surface area contributed by atoms with Gasteiger partial charge in [-0.05, 0) is 39.9 Å². The zero-order chi connectivity index (χ0) is 38.6. The fourth-order valence-electron chi connectivity index (χ4n) is 5.98. The van der Waals surface area contributed by atoms with Crippen molar-refractivity contribution in [2.24, 2.45) is 5.10 Å². The molecule has 1 saturated heterocycles. The average Bonchev–Trinajstić information content (AvgIpc) is 3.52. The number of nitrogens with zero attached hydrogens (tertiary/aromatic N) is 3. The molecule has 3 atom stereocenters. The highest BCUT2D eigenvalue weighted by molar-refractivity contribution is 6.32. The largest absolute Gasteiger partial charge is 0.445 e. The van der Waals surface area contributed by atoms with Crippen LogP contribution < -0.4 is 26.7 Å². The number of alkyl carbamates (subject to hydrolysis) is 1. The molecule has 4 aromatic carbocycles. The molecule has 1 aromatic heterocycles. The lowest BCUT2D eigenvalue weighted by Crippen LogP contribution is -2.56. The van der Waals surface area contributed by atoms with E-state index in [1.54, 1.807) is 48.8 Å². The average molecular weight is 736 g/mol. The second-order valence-corrected chi connectivity index (χ2v) is 13.0. The number of urea groups is 1. The molecule has 1 fully saturated rings. The SMILES string of the molecule is [B]c1ccc(CC(NC(=O)OCc2cccnc2)C(=O)NC(Cc2ccc3ccccc3c2)C(=O)NC(C=NN2CC(=O)NC2=O)Cc2ccccc2)cc1. The molecule has 0 bridgehead atoms. The van der Waals surface area contributed by atoms with Crippen LogP contribution >= 0.6 is 0 Å². The third-order valence-corrected chi connectivity index (χ3v) is 8.79. The lowest BCUT2D eigenvalue weighted by molar-refractivity contribution is -0.130. The number of amides is 6. The van der Waals surface area contributed by atoms with Crippen molar-refractivity contribution < 1.29 is 28.7 Å². The summed E-state index contributed by atoms with van der Waals surface area (Å²) in [5.41, 5.74) is 3.55. The molecule has 55 heavy (non-hydrogen) atoms. The molecule has 1 aliphatic heterocycles. The summed E-state index contributed by atoms with van der Waals surface area (Å²) < 4.78 is 5.41. The van der Waals surface area contributed by atoms with Crippen molar-refractivity contribution >= 4 is 60.1 Å². The van der Waals surface area contributed by atoms with Crippen LogP contribution in [0.4, 0.5) is 9.59 Å². The number of carbonyl (C=O) groups is 5. The second-order valence-electron chi connectivity index (χ2n) is 13.0. The summed E-state index contributed by atoms with van der Waals surface area (Å²) in [6, 6.07) is 29.6. The predicted octanol–water partition coefficient (Wildman–Crippen LogP) is 2.86. The van der Waals surface area contributed by atoms with Crippen molar-refractivity contribution in [3.63, 3.8) is 0 Å². The molecule has 0 saturated carbocycles. The zero-order valence-electron chi connectivity index (χ0n) is 29.8. The Morgan fingerprint density at radius 2 is 1.42 bits per heavy atom. The van der Waals surface area contributed by atoms with Crippen LogP contribution in [0.1, 0.15) is 22.3 Å². The van der Waals surface area contributed by atoms with E-state index in [1.807, 2.05) is 72.8 Å². The van der Waals surface area contributed by atoms with Crippen molar-refractivity contribution in [3.8, 4) is 0 Å². The molecule has 3 unspecified atom stereocenters. The van der Waals surface area contributed by atoms with Crippen molar-refractivity contribution in [1.29, 1.82) is 0 Å². The van der Waals surface area contributed by atoms with Crippen molar-refractivity contribution in [2.45, 2.75) is 44.0 Å². The third-order valence-electron chi connectivity index (χ3n) is 8.79. The number of nitrogens with one attached hydrogen (secondary N) is 4. The summed E-state index contributed by atoms with van der Waals surface area (Å²) in [5, 5.41) is 17.8. The van der Waals surface area contributed by atoms with Crippen LogP contribution in [0.2, 0.25) is 0 Å². The molecule has 0 aliphatic carbocycles. The summed E-state index contributed by atoms with van der Waals surface area (Å²) in [5.74, 6) is -1.66. The first-order valence-corrected chi connectivity index (χ1v) is 17.6. The van der Waals surface area contributed by atoms with E-state index in [0.717, 1.165) is 26.9 Å². The van der Waals surface area contributed by atoms with Crippen LogP contribution in [0.15, 0.2) is 127 Å². The Morgan fingerprint density at radius 1 is 0.764 bits per heavy atom. The number of ether oxygens (including phenoxy) is 1. The Labute approximate surface area is 319 Å². The zero-order valence-corrected chi connectivity index (χ0v) is 29.8. The highest BCUT2D eigenvalue weighted by atomic mass is 16.5. The van der Waals surface area contributed by atoms with E-state index in [1.165, 1.54) is 6.21 Å². The quantitative estimate of drug-likeness (QED) is 0.0728. The number of aromatic nitrogens is 1. The second kappa shape index (κ2) is 18.3. The van der Waals surface area contributed by atoms with E-state index in [4.69, 9.17) is 12.6 Å². The standard InChI is InChI=1S/C41H38BN7O6/c42-33-16-13-28(14-17-33)21-36(47-41(54)55-26-30-9-6-18-43-23-30)39(52)46-35(22-29-12-15-31-10-4-5-11-32(31)19-29)38(51)45-34(20-27-7-2-1-3-8-27)24-44-49-25-37(50)48-40(49)53/h1-19,23-24,34-36H,20-22,25-26H2,(H,45,51)(H,46,52)(H,47,54)(H,48,50,53). The third kappa shape index (κ3) is 11.1. The van der Waals surface area contributed by atoms with E-state index < -0.39 is 48.0 Å². The molecule has 276 valence electrons. The van der Waals surface area contributed by atoms with Crippen LogP contribution in [0, 0.1) is 0 Å². The van der Waals surface area contributed by atoms with Gasteiger partial charge in [-0.15, -0.1) is 0 Å². The maximum Gasteiger partial charge on any atom is 0.408 e. The first kappa shape index (κ1) is 37.9. The fraction of sp³-hybridized carbons (Fsp3) is 0.195. The van der Waals surface area contributed by atoms with Crippen LogP contribution in [-0.2, 0) is 45.0 Å². The molecule has 6 rings (SSSR count). The minimum atomic E-state index is -1.15. The number of benzene rings is 4. The van der Waals surface area contributed by atoms with Gasteiger partial charge in [0.25, 0.3) is 0 Å². The Hall–Kier alpha value is -6.83. The maximum atomic E-state index is 14.3. The lowest BCUT2D eigenvalue weighted by atomic mass is 9.93. The van der Waals surface area contributed by atoms with E-state index in [0.29, 0.717) is 23.0 Å². The summed E-state index contributed by atoms with van der Waals surface area (Å²) >= 11 is 0. The van der Waals surface area contributed by atoms with Gasteiger partial charge in [-0.25, -0.2) is 14.6 Å². The Kier molecular flexibility index (Phi) is 12.6. The Bertz CT molecular complexity index is 2170. The summed E-state index contributed by atoms with van der Waals surface area (Å²) in [6.45, 7) is -0.324. The van der Waals surface area contributed by atoms with E-state index in [9.17, 15) is 24.0 Å². The first-order chi connectivity index (χ1) is 26.7. The summed E-state index contributed by atoms with van der Waals surface area (Å²) in [4.78, 5) is 69.5. The van der Waals surface area contributed by atoms with Crippen LogP contribution in [0.5, 0.6) is 0 Å². The van der Waals surface area contributed by atoms with Crippen molar-refractivity contribution in [2.75, 3.05) is 6.54 Å². The minimum absolute atomic E-state index is 0.0678. The van der Waals surface area contributed by atoms with Gasteiger partial charge in [0, 0.05) is 37.0 Å². The Morgan fingerprint density at radius 3 is 2.15 bits per heavy atom. The number of hydrogen-bond donors (Lipinski definition) is 4. The number of rotatable bonds is 15. The van der Waals surface area contributed by atoms with Gasteiger partial charge in [0.2, 0.25) is 17.7 Å². The highest BCUT2D eigenvalue weighted by Crippen LogP contribution is 2.17. The number of hydrogen-bond acceptors (Lipinski definition) is 8. The molecular weight excluding hydrogens is 697 g/mol. The monoisotopic (exact) mass is 735 g/mol. The molecule has 0 spiro atoms. The first-order valence-electron chi connectivity index (χ1n) is 17.6. The van der Waals surface area contributed by atoms with Gasteiger partial charge in [-0.2, -0.15) is 5.10 Å². The summed E-state index contributed by atoms with van der Waals surface area (Å²) in [6.07, 6.45) is 4.18. The predicted molar refractivity (Wildman–Crippen MR) is 207 cm³/mol. The number of carbonyl (C=O) groups excluding carboxylic acids is 5. The molecular formula is C41H38BN7O6.